The molecular formula is C17H25N3O3S. The third-order valence-electron chi connectivity index (χ3n) is 3.92. The minimum Gasteiger partial charge on any atom is -0.497 e. The van der Waals surface area contributed by atoms with Crippen LogP contribution in [0.15, 0.2) is 24.3 Å². The van der Waals surface area contributed by atoms with E-state index in [1.54, 1.807) is 7.11 Å². The van der Waals surface area contributed by atoms with Gasteiger partial charge in [0.05, 0.1) is 20.3 Å². The summed E-state index contributed by atoms with van der Waals surface area (Å²) in [6.07, 6.45) is 0. The summed E-state index contributed by atoms with van der Waals surface area (Å²) < 4.78 is 10.1. The molecule has 0 saturated carbocycles. The van der Waals surface area contributed by atoms with Gasteiger partial charge in [-0.15, -0.1) is 0 Å². The zero-order valence-electron chi connectivity index (χ0n) is 14.3. The third-order valence-corrected chi connectivity index (χ3v) is 4.32. The summed E-state index contributed by atoms with van der Waals surface area (Å²) in [6.45, 7) is 6.54. The Morgan fingerprint density at radius 3 is 2.46 bits per heavy atom. The fraction of sp³-hybridized carbons (Fsp3) is 0.529. The van der Waals surface area contributed by atoms with E-state index in [0.717, 1.165) is 42.6 Å². The molecule has 0 amide bonds. The van der Waals surface area contributed by atoms with Crippen LogP contribution in [0.1, 0.15) is 12.5 Å². The maximum absolute atomic E-state index is 11.5. The van der Waals surface area contributed by atoms with Crippen molar-refractivity contribution in [3.05, 3.63) is 29.8 Å². The molecule has 0 unspecified atom stereocenters. The number of nitrogens with zero attached hydrogens (tertiary/aromatic N) is 2. The van der Waals surface area contributed by atoms with Crippen molar-refractivity contribution in [2.75, 3.05) is 46.4 Å². The number of nitrogens with one attached hydrogen (secondary N) is 1. The lowest BCUT2D eigenvalue weighted by Gasteiger charge is -2.35. The van der Waals surface area contributed by atoms with Gasteiger partial charge in [-0.2, -0.15) is 0 Å². The van der Waals surface area contributed by atoms with Gasteiger partial charge in [-0.25, -0.2) is 0 Å². The van der Waals surface area contributed by atoms with Crippen LogP contribution in [0.25, 0.3) is 0 Å². The highest BCUT2D eigenvalue weighted by atomic mass is 32.1. The topological polar surface area (TPSA) is 54.0 Å². The van der Waals surface area contributed by atoms with E-state index < -0.39 is 0 Å². The number of hydrogen-bond acceptors (Lipinski definition) is 5. The van der Waals surface area contributed by atoms with E-state index in [0.29, 0.717) is 19.7 Å². The Hall–Kier alpha value is -1.86. The van der Waals surface area contributed by atoms with Crippen molar-refractivity contribution in [3.8, 4) is 5.75 Å². The second-order valence-electron chi connectivity index (χ2n) is 5.57. The first-order valence-electron chi connectivity index (χ1n) is 8.16. The first-order valence-corrected chi connectivity index (χ1v) is 8.57. The predicted molar refractivity (Wildman–Crippen MR) is 97.1 cm³/mol. The predicted octanol–water partition coefficient (Wildman–Crippen LogP) is 1.25. The highest BCUT2D eigenvalue weighted by Gasteiger charge is 2.20. The first-order chi connectivity index (χ1) is 11.6. The monoisotopic (exact) mass is 351 g/mol. The number of rotatable bonds is 6. The fourth-order valence-corrected chi connectivity index (χ4v) is 2.79. The number of carbonyl (C=O) groups is 1. The van der Waals surface area contributed by atoms with E-state index in [1.807, 2.05) is 31.2 Å². The molecule has 1 heterocycles. The zero-order valence-corrected chi connectivity index (χ0v) is 15.1. The standard InChI is InChI=1S/C17H25N3O3S/c1-3-23-16(21)13-19-8-10-20(11-9-19)17(24)18-12-14-4-6-15(22-2)7-5-14/h4-7H,3,8-13H2,1-2H3,(H,18,24). The minimum absolute atomic E-state index is 0.161. The molecule has 1 aromatic rings. The summed E-state index contributed by atoms with van der Waals surface area (Å²) >= 11 is 5.47. The summed E-state index contributed by atoms with van der Waals surface area (Å²) in [5.74, 6) is 0.685. The van der Waals surface area contributed by atoms with Crippen LogP contribution in [-0.2, 0) is 16.1 Å². The quantitative estimate of drug-likeness (QED) is 0.611. The number of methoxy groups -OCH3 is 1. The average molecular weight is 351 g/mol. The van der Waals surface area contributed by atoms with Gasteiger partial charge in [0.1, 0.15) is 5.75 Å². The van der Waals surface area contributed by atoms with Crippen LogP contribution >= 0.6 is 12.2 Å². The SMILES string of the molecule is CCOC(=O)CN1CCN(C(=S)NCc2ccc(OC)cc2)CC1. The van der Waals surface area contributed by atoms with Gasteiger partial charge in [-0.05, 0) is 36.8 Å². The summed E-state index contributed by atoms with van der Waals surface area (Å²) in [6, 6.07) is 7.92. The normalized spacial score (nSPS) is 15.0. The number of benzene rings is 1. The number of esters is 1. The van der Waals surface area contributed by atoms with Crippen molar-refractivity contribution in [1.29, 1.82) is 0 Å². The Labute approximate surface area is 148 Å². The Bertz CT molecular complexity index is 543. The lowest BCUT2D eigenvalue weighted by molar-refractivity contribution is -0.144. The molecule has 2 rings (SSSR count). The van der Waals surface area contributed by atoms with Crippen molar-refractivity contribution in [2.45, 2.75) is 13.5 Å². The lowest BCUT2D eigenvalue weighted by Crippen LogP contribution is -2.52. The third kappa shape index (κ3) is 5.65. The Morgan fingerprint density at radius 1 is 1.21 bits per heavy atom. The average Bonchev–Trinajstić information content (AvgIpc) is 2.61. The van der Waals surface area contributed by atoms with Crippen LogP contribution in [0, 0.1) is 0 Å². The number of carbonyl (C=O) groups excluding carboxylic acids is 1. The summed E-state index contributed by atoms with van der Waals surface area (Å²) in [5, 5.41) is 4.04. The van der Waals surface area contributed by atoms with Crippen LogP contribution in [0.2, 0.25) is 0 Å². The van der Waals surface area contributed by atoms with Crippen LogP contribution in [-0.4, -0.2) is 67.3 Å². The van der Waals surface area contributed by atoms with Crippen molar-refractivity contribution < 1.29 is 14.3 Å². The molecule has 1 aromatic carbocycles. The van der Waals surface area contributed by atoms with Gasteiger partial charge in [-0.1, -0.05) is 12.1 Å². The van der Waals surface area contributed by atoms with E-state index in [4.69, 9.17) is 21.7 Å². The maximum atomic E-state index is 11.5. The van der Waals surface area contributed by atoms with Crippen molar-refractivity contribution in [2.24, 2.45) is 0 Å². The van der Waals surface area contributed by atoms with Crippen molar-refractivity contribution in [3.63, 3.8) is 0 Å². The summed E-state index contributed by atoms with van der Waals surface area (Å²) in [5.41, 5.74) is 1.15. The Balaban J connectivity index is 1.71. The second kappa shape index (κ2) is 9.44. The summed E-state index contributed by atoms with van der Waals surface area (Å²) in [7, 11) is 1.66. The molecule has 0 bridgehead atoms. The van der Waals surface area contributed by atoms with Gasteiger partial charge in [0, 0.05) is 32.7 Å². The molecule has 0 spiro atoms. The van der Waals surface area contributed by atoms with E-state index in [2.05, 4.69) is 15.1 Å². The van der Waals surface area contributed by atoms with Gasteiger partial charge in [0.2, 0.25) is 0 Å². The molecule has 1 aliphatic rings. The highest BCUT2D eigenvalue weighted by molar-refractivity contribution is 7.80. The van der Waals surface area contributed by atoms with Crippen molar-refractivity contribution >= 4 is 23.3 Å². The summed E-state index contributed by atoms with van der Waals surface area (Å²) in [4.78, 5) is 15.7. The molecule has 132 valence electrons. The van der Waals surface area contributed by atoms with Gasteiger partial charge in [-0.3, -0.25) is 9.69 Å². The fourth-order valence-electron chi connectivity index (χ4n) is 2.53. The van der Waals surface area contributed by atoms with Gasteiger partial charge >= 0.3 is 5.97 Å². The highest BCUT2D eigenvalue weighted by Crippen LogP contribution is 2.11. The largest absolute Gasteiger partial charge is 0.497 e. The van der Waals surface area contributed by atoms with E-state index >= 15 is 0 Å². The molecule has 0 atom stereocenters. The molecule has 0 aromatic heterocycles. The van der Waals surface area contributed by atoms with E-state index in [-0.39, 0.29) is 5.97 Å². The molecule has 7 heteroatoms. The maximum Gasteiger partial charge on any atom is 0.320 e. The van der Waals surface area contributed by atoms with Crippen LogP contribution < -0.4 is 10.1 Å². The second-order valence-corrected chi connectivity index (χ2v) is 5.96. The molecule has 1 fully saturated rings. The number of thiocarbonyl (C=S) groups is 1. The minimum atomic E-state index is -0.161. The van der Waals surface area contributed by atoms with Crippen LogP contribution in [0.4, 0.5) is 0 Å². The number of piperazine rings is 1. The Morgan fingerprint density at radius 2 is 1.88 bits per heavy atom. The van der Waals surface area contributed by atoms with Crippen LogP contribution in [0.3, 0.4) is 0 Å². The molecule has 1 N–H and O–H groups in total. The van der Waals surface area contributed by atoms with Gasteiger partial charge in [0.25, 0.3) is 0 Å². The smallest absolute Gasteiger partial charge is 0.320 e. The van der Waals surface area contributed by atoms with Gasteiger partial charge in [0.15, 0.2) is 5.11 Å². The molecule has 24 heavy (non-hydrogen) atoms. The molecular weight excluding hydrogens is 326 g/mol. The molecule has 6 nitrogen and oxygen atoms in total. The number of hydrogen-bond donors (Lipinski definition) is 1. The van der Waals surface area contributed by atoms with Crippen LogP contribution in [0.5, 0.6) is 5.75 Å². The molecule has 0 aliphatic carbocycles. The first kappa shape index (κ1) is 18.5. The lowest BCUT2D eigenvalue weighted by atomic mass is 10.2. The van der Waals surface area contributed by atoms with Gasteiger partial charge < -0.3 is 19.7 Å². The molecule has 1 aliphatic heterocycles. The van der Waals surface area contributed by atoms with Crippen molar-refractivity contribution in [1.82, 2.24) is 15.1 Å². The van der Waals surface area contributed by atoms with E-state index in [9.17, 15) is 4.79 Å². The zero-order chi connectivity index (χ0) is 17.4. The Kier molecular flexibility index (Phi) is 7.27. The number of ether oxygens (including phenoxy) is 2. The van der Waals surface area contributed by atoms with E-state index in [1.165, 1.54) is 0 Å². The molecule has 1 saturated heterocycles. The molecule has 0 radical (unpaired) electrons.